The van der Waals surface area contributed by atoms with Gasteiger partial charge in [0.2, 0.25) is 0 Å². The lowest BCUT2D eigenvalue weighted by Gasteiger charge is -2.29. The lowest BCUT2D eigenvalue weighted by Crippen LogP contribution is -2.27. The number of aliphatic hydroxyl groups excluding tert-OH is 1. The molecule has 1 saturated carbocycles. The van der Waals surface area contributed by atoms with Gasteiger partial charge in [-0.2, -0.15) is 0 Å². The second kappa shape index (κ2) is 3.25. The summed E-state index contributed by atoms with van der Waals surface area (Å²) in [5, 5.41) is 9.18. The molecule has 1 aliphatic carbocycles. The predicted molar refractivity (Wildman–Crippen MR) is 54.0 cm³/mol. The quantitative estimate of drug-likeness (QED) is 0.779. The number of aromatic nitrogens is 2. The van der Waals surface area contributed by atoms with E-state index in [0.29, 0.717) is 24.2 Å². The number of hydrogen-bond acceptors (Lipinski definition) is 2. The molecule has 1 fully saturated rings. The molecule has 1 aromatic carbocycles. The van der Waals surface area contributed by atoms with Crippen molar-refractivity contribution in [2.45, 2.75) is 24.9 Å². The Morgan fingerprint density at radius 1 is 1.31 bits per heavy atom. The smallest absolute Gasteiger partial charge is 0.186 e. The Morgan fingerprint density at radius 2 is 2.06 bits per heavy atom. The van der Waals surface area contributed by atoms with Crippen LogP contribution in [0.2, 0.25) is 0 Å². The summed E-state index contributed by atoms with van der Waals surface area (Å²) in [6.07, 6.45) is 0.966. The highest BCUT2D eigenvalue weighted by Gasteiger charge is 2.31. The maximum atomic E-state index is 13.4. The second-order valence-corrected chi connectivity index (χ2v) is 4.20. The van der Waals surface area contributed by atoms with Crippen LogP contribution in [-0.2, 0) is 0 Å². The summed E-state index contributed by atoms with van der Waals surface area (Å²) in [4.78, 5) is 7.01. The van der Waals surface area contributed by atoms with Crippen LogP contribution >= 0.6 is 0 Å². The number of H-pyrrole nitrogens is 1. The molecule has 1 aliphatic rings. The molecule has 3 rings (SSSR count). The highest BCUT2D eigenvalue weighted by Crippen LogP contribution is 2.36. The Labute approximate surface area is 90.1 Å². The molecule has 3 nitrogen and oxygen atoms in total. The van der Waals surface area contributed by atoms with E-state index in [9.17, 15) is 13.9 Å². The van der Waals surface area contributed by atoms with Gasteiger partial charge in [-0.05, 0) is 25.0 Å². The van der Waals surface area contributed by atoms with E-state index in [1.165, 1.54) is 6.07 Å². The van der Waals surface area contributed by atoms with E-state index in [1.807, 2.05) is 0 Å². The van der Waals surface area contributed by atoms with Crippen LogP contribution in [-0.4, -0.2) is 21.2 Å². The van der Waals surface area contributed by atoms with E-state index in [-0.39, 0.29) is 17.5 Å². The normalized spacial score (nSPS) is 24.7. The molecule has 16 heavy (non-hydrogen) atoms. The lowest BCUT2D eigenvalue weighted by atomic mass is 9.82. The van der Waals surface area contributed by atoms with Crippen LogP contribution in [0.1, 0.15) is 24.6 Å². The fourth-order valence-corrected chi connectivity index (χ4v) is 2.04. The van der Waals surface area contributed by atoms with Crippen molar-refractivity contribution in [1.82, 2.24) is 9.97 Å². The summed E-state index contributed by atoms with van der Waals surface area (Å²) >= 11 is 0. The molecule has 0 atom stereocenters. The molecule has 0 saturated heterocycles. The number of halogens is 2. The zero-order valence-corrected chi connectivity index (χ0v) is 8.37. The molecule has 5 heteroatoms. The molecule has 0 bridgehead atoms. The van der Waals surface area contributed by atoms with Gasteiger partial charge in [0.1, 0.15) is 11.3 Å². The van der Waals surface area contributed by atoms with Gasteiger partial charge >= 0.3 is 0 Å². The topological polar surface area (TPSA) is 48.9 Å². The van der Waals surface area contributed by atoms with Gasteiger partial charge in [-0.3, -0.25) is 0 Å². The second-order valence-electron chi connectivity index (χ2n) is 4.20. The highest BCUT2D eigenvalue weighted by molar-refractivity contribution is 5.75. The van der Waals surface area contributed by atoms with Crippen LogP contribution in [0.5, 0.6) is 0 Å². The molecule has 0 amide bonds. The summed E-state index contributed by atoms with van der Waals surface area (Å²) < 4.78 is 26.3. The molecule has 1 heterocycles. The van der Waals surface area contributed by atoms with Gasteiger partial charge in [-0.25, -0.2) is 13.8 Å². The Bertz CT molecular complexity index is 546. The van der Waals surface area contributed by atoms with Gasteiger partial charge in [-0.1, -0.05) is 0 Å². The third-order valence-corrected chi connectivity index (χ3v) is 3.06. The highest BCUT2D eigenvalue weighted by atomic mass is 19.2. The van der Waals surface area contributed by atoms with Gasteiger partial charge in [-0.15, -0.1) is 0 Å². The molecule has 2 aromatic rings. The Morgan fingerprint density at radius 3 is 2.75 bits per heavy atom. The van der Waals surface area contributed by atoms with Crippen molar-refractivity contribution in [3.8, 4) is 0 Å². The molecular weight excluding hydrogens is 214 g/mol. The number of rotatable bonds is 1. The fraction of sp³-hybridized carbons (Fsp3) is 0.364. The van der Waals surface area contributed by atoms with Crippen LogP contribution in [0.3, 0.4) is 0 Å². The number of hydrogen-bond donors (Lipinski definition) is 2. The van der Waals surface area contributed by atoms with E-state index in [4.69, 9.17) is 0 Å². The van der Waals surface area contributed by atoms with Crippen molar-refractivity contribution < 1.29 is 13.9 Å². The standard InChI is InChI=1S/C11H10F2N2O/c12-7-1-2-8-10(9(7)13)15-11(14-8)5-3-6(16)4-5/h1-2,5-6,16H,3-4H2,(H,14,15). The number of benzene rings is 1. The summed E-state index contributed by atoms with van der Waals surface area (Å²) in [6, 6.07) is 2.55. The summed E-state index contributed by atoms with van der Waals surface area (Å²) in [5.41, 5.74) is 0.534. The average molecular weight is 224 g/mol. The van der Waals surface area contributed by atoms with Gasteiger partial charge in [0.15, 0.2) is 11.6 Å². The first kappa shape index (κ1) is 9.72. The fourth-order valence-electron chi connectivity index (χ4n) is 2.04. The van der Waals surface area contributed by atoms with E-state index in [1.54, 1.807) is 0 Å². The zero-order valence-electron chi connectivity index (χ0n) is 8.37. The Kier molecular flexibility index (Phi) is 1.97. The van der Waals surface area contributed by atoms with Crippen molar-refractivity contribution in [3.63, 3.8) is 0 Å². The van der Waals surface area contributed by atoms with E-state index in [2.05, 4.69) is 9.97 Å². The Balaban J connectivity index is 2.06. The van der Waals surface area contributed by atoms with E-state index < -0.39 is 11.6 Å². The molecule has 0 radical (unpaired) electrons. The first-order valence-corrected chi connectivity index (χ1v) is 5.17. The molecule has 0 aliphatic heterocycles. The minimum atomic E-state index is -0.917. The maximum absolute atomic E-state index is 13.4. The molecule has 1 aromatic heterocycles. The zero-order chi connectivity index (χ0) is 11.3. The summed E-state index contributed by atoms with van der Waals surface area (Å²) in [7, 11) is 0. The van der Waals surface area contributed by atoms with Crippen LogP contribution in [0, 0.1) is 11.6 Å². The first-order valence-electron chi connectivity index (χ1n) is 5.17. The molecule has 2 N–H and O–H groups in total. The van der Waals surface area contributed by atoms with E-state index in [0.717, 1.165) is 6.07 Å². The van der Waals surface area contributed by atoms with Crippen LogP contribution < -0.4 is 0 Å². The number of aromatic amines is 1. The minimum Gasteiger partial charge on any atom is -0.393 e. The largest absolute Gasteiger partial charge is 0.393 e. The number of nitrogens with one attached hydrogen (secondary N) is 1. The molecule has 84 valence electrons. The number of nitrogens with zero attached hydrogens (tertiary/aromatic N) is 1. The van der Waals surface area contributed by atoms with Crippen molar-refractivity contribution >= 4 is 11.0 Å². The first-order chi connectivity index (χ1) is 7.65. The van der Waals surface area contributed by atoms with Gasteiger partial charge < -0.3 is 10.1 Å². The number of imidazole rings is 1. The SMILES string of the molecule is OC1CC(c2nc3c(F)c(F)ccc3[nH]2)C1. The molecule has 0 spiro atoms. The third kappa shape index (κ3) is 1.31. The predicted octanol–water partition coefficient (Wildman–Crippen LogP) is 2.08. The maximum Gasteiger partial charge on any atom is 0.186 e. The van der Waals surface area contributed by atoms with Crippen LogP contribution in [0.15, 0.2) is 12.1 Å². The lowest BCUT2D eigenvalue weighted by molar-refractivity contribution is 0.0720. The van der Waals surface area contributed by atoms with Gasteiger partial charge in [0.25, 0.3) is 0 Å². The molecular formula is C11H10F2N2O. The summed E-state index contributed by atoms with van der Waals surface area (Å²) in [5.74, 6) is -1.05. The van der Waals surface area contributed by atoms with Crippen molar-refractivity contribution in [2.75, 3.05) is 0 Å². The monoisotopic (exact) mass is 224 g/mol. The third-order valence-electron chi connectivity index (χ3n) is 3.06. The minimum absolute atomic E-state index is 0.0383. The average Bonchev–Trinajstić information content (AvgIpc) is 2.63. The molecule has 0 unspecified atom stereocenters. The van der Waals surface area contributed by atoms with E-state index >= 15 is 0 Å². The Hall–Kier alpha value is -1.49. The number of aliphatic hydroxyl groups is 1. The van der Waals surface area contributed by atoms with Crippen LogP contribution in [0.25, 0.3) is 11.0 Å². The number of fused-ring (bicyclic) bond motifs is 1. The van der Waals surface area contributed by atoms with Crippen molar-refractivity contribution in [2.24, 2.45) is 0 Å². The van der Waals surface area contributed by atoms with Gasteiger partial charge in [0.05, 0.1) is 11.6 Å². The van der Waals surface area contributed by atoms with Crippen molar-refractivity contribution in [3.05, 3.63) is 29.6 Å². The van der Waals surface area contributed by atoms with Crippen molar-refractivity contribution in [1.29, 1.82) is 0 Å². The van der Waals surface area contributed by atoms with Crippen LogP contribution in [0.4, 0.5) is 8.78 Å². The van der Waals surface area contributed by atoms with Gasteiger partial charge in [0, 0.05) is 5.92 Å². The summed E-state index contributed by atoms with van der Waals surface area (Å²) in [6.45, 7) is 0.